The van der Waals surface area contributed by atoms with E-state index in [1.165, 1.54) is 0 Å². The zero-order chi connectivity index (χ0) is 11.2. The summed E-state index contributed by atoms with van der Waals surface area (Å²) >= 11 is 0. The fourth-order valence-corrected chi connectivity index (χ4v) is 0.716. The molecule has 0 unspecified atom stereocenters. The van der Waals surface area contributed by atoms with Gasteiger partial charge in [-0.05, 0) is 18.1 Å². The van der Waals surface area contributed by atoms with Crippen molar-refractivity contribution in [2.24, 2.45) is 0 Å². The van der Waals surface area contributed by atoms with Crippen LogP contribution in [0, 0.1) is 0 Å². The van der Waals surface area contributed by atoms with Crippen LogP contribution in [0.25, 0.3) is 0 Å². The Hall–Kier alpha value is -1.32. The molecule has 0 aliphatic carbocycles. The maximum Gasteiger partial charge on any atom is 0.416 e. The van der Waals surface area contributed by atoms with Gasteiger partial charge in [-0.3, -0.25) is 4.79 Å². The molecule has 0 atom stereocenters. The summed E-state index contributed by atoms with van der Waals surface area (Å²) in [4.78, 5) is 10.3. The first kappa shape index (κ1) is 12.7. The Kier molecular flexibility index (Phi) is 4.91. The standard InChI is InChI=1S/C10H11F3O/c1-3-8(7-14)5-6-9(4-2)10(11,12)13/h4-7H,2-3H2,1H3/b8-5+,9-6+. The van der Waals surface area contributed by atoms with E-state index in [-0.39, 0.29) is 0 Å². The highest BCUT2D eigenvalue weighted by atomic mass is 19.4. The summed E-state index contributed by atoms with van der Waals surface area (Å²) in [7, 11) is 0. The molecule has 0 bridgehead atoms. The van der Waals surface area contributed by atoms with Crippen molar-refractivity contribution in [2.75, 3.05) is 0 Å². The molecule has 0 saturated heterocycles. The molecule has 4 heteroatoms. The maximum absolute atomic E-state index is 12.1. The molecule has 0 radical (unpaired) electrons. The second-order valence-corrected chi connectivity index (χ2v) is 2.54. The number of hydrogen-bond acceptors (Lipinski definition) is 1. The molecular weight excluding hydrogens is 193 g/mol. The Balaban J connectivity index is 4.87. The van der Waals surface area contributed by atoms with Crippen LogP contribution < -0.4 is 0 Å². The van der Waals surface area contributed by atoms with Gasteiger partial charge in [0.05, 0.1) is 5.57 Å². The van der Waals surface area contributed by atoms with Gasteiger partial charge in [0, 0.05) is 0 Å². The van der Waals surface area contributed by atoms with Crippen molar-refractivity contribution in [2.45, 2.75) is 19.5 Å². The quantitative estimate of drug-likeness (QED) is 0.390. The number of halogens is 3. The molecule has 0 aromatic heterocycles. The number of carbonyl (C=O) groups is 1. The zero-order valence-electron chi connectivity index (χ0n) is 7.77. The lowest BCUT2D eigenvalue weighted by molar-refractivity contribution is -0.105. The van der Waals surface area contributed by atoms with E-state index < -0.39 is 11.7 Å². The molecule has 0 fully saturated rings. The number of carbonyl (C=O) groups excluding carboxylic acids is 1. The molecule has 0 aromatic rings. The van der Waals surface area contributed by atoms with Crippen LogP contribution in [0.1, 0.15) is 13.3 Å². The lowest BCUT2D eigenvalue weighted by atomic mass is 10.1. The van der Waals surface area contributed by atoms with Crippen LogP contribution in [0.4, 0.5) is 13.2 Å². The molecule has 0 N–H and O–H groups in total. The Bertz CT molecular complexity index is 272. The van der Waals surface area contributed by atoms with Gasteiger partial charge in [0.2, 0.25) is 0 Å². The highest BCUT2D eigenvalue weighted by Gasteiger charge is 2.30. The fourth-order valence-electron chi connectivity index (χ4n) is 0.716. The number of aldehydes is 1. The third-order valence-electron chi connectivity index (χ3n) is 1.58. The van der Waals surface area contributed by atoms with Gasteiger partial charge < -0.3 is 0 Å². The van der Waals surface area contributed by atoms with Crippen LogP contribution in [-0.4, -0.2) is 12.5 Å². The third kappa shape index (κ3) is 4.07. The number of alkyl halides is 3. The van der Waals surface area contributed by atoms with E-state index in [0.29, 0.717) is 24.4 Å². The number of allylic oxidation sites excluding steroid dienone is 5. The molecule has 1 nitrogen and oxygen atoms in total. The van der Waals surface area contributed by atoms with Crippen molar-refractivity contribution < 1.29 is 18.0 Å². The normalized spacial score (nSPS) is 14.0. The molecule has 0 saturated carbocycles. The van der Waals surface area contributed by atoms with Crippen LogP contribution in [0.5, 0.6) is 0 Å². The smallest absolute Gasteiger partial charge is 0.298 e. The Morgan fingerprint density at radius 3 is 2.21 bits per heavy atom. The predicted octanol–water partition coefficient (Wildman–Crippen LogP) is 3.20. The summed E-state index contributed by atoms with van der Waals surface area (Å²) in [6, 6.07) is 0. The summed E-state index contributed by atoms with van der Waals surface area (Å²) in [5.74, 6) is 0. The van der Waals surface area contributed by atoms with Gasteiger partial charge in [-0.1, -0.05) is 25.7 Å². The molecule has 0 rings (SSSR count). The second kappa shape index (κ2) is 5.42. The number of rotatable bonds is 4. The lowest BCUT2D eigenvalue weighted by Gasteiger charge is -2.05. The minimum atomic E-state index is -4.42. The van der Waals surface area contributed by atoms with Crippen molar-refractivity contribution in [3.05, 3.63) is 36.0 Å². The number of hydrogen-bond donors (Lipinski definition) is 0. The minimum Gasteiger partial charge on any atom is -0.298 e. The third-order valence-corrected chi connectivity index (χ3v) is 1.58. The van der Waals surface area contributed by atoms with E-state index in [1.54, 1.807) is 6.92 Å². The van der Waals surface area contributed by atoms with Crippen molar-refractivity contribution in [3.63, 3.8) is 0 Å². The summed E-state index contributed by atoms with van der Waals surface area (Å²) < 4.78 is 36.4. The van der Waals surface area contributed by atoms with Crippen molar-refractivity contribution in [1.29, 1.82) is 0 Å². The first-order valence-electron chi connectivity index (χ1n) is 4.01. The van der Waals surface area contributed by atoms with Gasteiger partial charge in [-0.2, -0.15) is 13.2 Å². The van der Waals surface area contributed by atoms with E-state index in [2.05, 4.69) is 6.58 Å². The van der Waals surface area contributed by atoms with Crippen molar-refractivity contribution in [3.8, 4) is 0 Å². The average molecular weight is 204 g/mol. The minimum absolute atomic E-state index is 0.314. The Morgan fingerprint density at radius 1 is 1.36 bits per heavy atom. The first-order valence-corrected chi connectivity index (χ1v) is 4.01. The van der Waals surface area contributed by atoms with Gasteiger partial charge in [0.15, 0.2) is 0 Å². The van der Waals surface area contributed by atoms with Crippen molar-refractivity contribution >= 4 is 6.29 Å². The van der Waals surface area contributed by atoms with Crippen LogP contribution in [-0.2, 0) is 4.79 Å². The second-order valence-electron chi connectivity index (χ2n) is 2.54. The van der Waals surface area contributed by atoms with Gasteiger partial charge in [-0.25, -0.2) is 0 Å². The zero-order valence-corrected chi connectivity index (χ0v) is 7.77. The highest BCUT2D eigenvalue weighted by molar-refractivity contribution is 5.73. The molecule has 0 aliphatic heterocycles. The summed E-state index contributed by atoms with van der Waals surface area (Å²) in [5.41, 5.74) is -0.543. The average Bonchev–Trinajstić information content (AvgIpc) is 2.10. The molecule has 78 valence electrons. The SMILES string of the molecule is C=C/C(=C\C=C(\C=O)CC)C(F)(F)F. The van der Waals surface area contributed by atoms with Gasteiger partial charge in [0.25, 0.3) is 0 Å². The van der Waals surface area contributed by atoms with Crippen LogP contribution in [0.3, 0.4) is 0 Å². The van der Waals surface area contributed by atoms with Crippen LogP contribution in [0.15, 0.2) is 36.0 Å². The van der Waals surface area contributed by atoms with E-state index in [1.807, 2.05) is 0 Å². The molecule has 14 heavy (non-hydrogen) atoms. The van der Waals surface area contributed by atoms with Gasteiger partial charge in [0.1, 0.15) is 6.29 Å². The van der Waals surface area contributed by atoms with Crippen LogP contribution in [0.2, 0.25) is 0 Å². The van der Waals surface area contributed by atoms with Crippen LogP contribution >= 0.6 is 0 Å². The topological polar surface area (TPSA) is 17.1 Å². The summed E-state index contributed by atoms with van der Waals surface area (Å²) in [6.45, 7) is 4.74. The first-order chi connectivity index (χ1) is 6.45. The summed E-state index contributed by atoms with van der Waals surface area (Å²) in [6.07, 6.45) is -0.762. The monoisotopic (exact) mass is 204 g/mol. The highest BCUT2D eigenvalue weighted by Crippen LogP contribution is 2.26. The van der Waals surface area contributed by atoms with E-state index in [9.17, 15) is 18.0 Å². The van der Waals surface area contributed by atoms with E-state index in [4.69, 9.17) is 0 Å². The van der Waals surface area contributed by atoms with Gasteiger partial charge in [-0.15, -0.1) is 0 Å². The largest absolute Gasteiger partial charge is 0.416 e. The molecular formula is C10H11F3O. The fraction of sp³-hybridized carbons (Fsp3) is 0.300. The van der Waals surface area contributed by atoms with Crippen molar-refractivity contribution in [1.82, 2.24) is 0 Å². The molecule has 0 aromatic carbocycles. The Morgan fingerprint density at radius 2 is 1.93 bits per heavy atom. The molecule has 0 amide bonds. The maximum atomic E-state index is 12.1. The molecule has 0 aliphatic rings. The van der Waals surface area contributed by atoms with E-state index >= 15 is 0 Å². The Labute approximate surface area is 80.6 Å². The molecule has 0 heterocycles. The molecule has 0 spiro atoms. The van der Waals surface area contributed by atoms with Gasteiger partial charge >= 0.3 is 6.18 Å². The summed E-state index contributed by atoms with van der Waals surface area (Å²) in [5, 5.41) is 0. The lowest BCUT2D eigenvalue weighted by Crippen LogP contribution is -2.09. The predicted molar refractivity (Wildman–Crippen MR) is 48.8 cm³/mol. The van der Waals surface area contributed by atoms with E-state index in [0.717, 1.165) is 12.2 Å².